The van der Waals surface area contributed by atoms with E-state index in [-0.39, 0.29) is 5.82 Å². The van der Waals surface area contributed by atoms with Gasteiger partial charge in [-0.25, -0.2) is 4.39 Å². The molecular weight excluding hydrogens is 322 g/mol. The molecule has 1 aromatic rings. The van der Waals surface area contributed by atoms with Crippen molar-refractivity contribution in [2.24, 2.45) is 0 Å². The third kappa shape index (κ3) is 5.19. The van der Waals surface area contributed by atoms with Crippen LogP contribution in [0.5, 0.6) is 5.75 Å². The molecule has 0 radical (unpaired) electrons. The molecule has 2 fully saturated rings. The Morgan fingerprint density at radius 3 is 2.16 bits per heavy atom. The average Bonchev–Trinajstić information content (AvgIpc) is 3.18. The first-order chi connectivity index (χ1) is 11.8. The fourth-order valence-corrected chi connectivity index (χ4v) is 2.49. The normalized spacial score (nSPS) is 21.0. The molecule has 0 amide bonds. The van der Waals surface area contributed by atoms with E-state index in [1.165, 1.54) is 18.9 Å². The summed E-state index contributed by atoms with van der Waals surface area (Å²) in [5, 5.41) is 0. The summed E-state index contributed by atoms with van der Waals surface area (Å²) in [6, 6.07) is 4.68. The van der Waals surface area contributed by atoms with Gasteiger partial charge in [-0.05, 0) is 65.2 Å². The zero-order chi connectivity index (χ0) is 18.5. The Kier molecular flexibility index (Phi) is 6.89. The predicted octanol–water partition coefficient (Wildman–Crippen LogP) is 3.71. The van der Waals surface area contributed by atoms with Crippen molar-refractivity contribution in [1.82, 2.24) is 0 Å². The van der Waals surface area contributed by atoms with E-state index in [1.807, 2.05) is 34.6 Å². The van der Waals surface area contributed by atoms with Crippen LogP contribution in [0.25, 0.3) is 0 Å². The van der Waals surface area contributed by atoms with Gasteiger partial charge in [-0.3, -0.25) is 0 Å². The third-order valence-electron chi connectivity index (χ3n) is 4.77. The number of ether oxygens (including phenoxy) is 2. The van der Waals surface area contributed by atoms with Gasteiger partial charge in [-0.15, -0.1) is 0 Å². The highest BCUT2D eigenvalue weighted by Gasteiger charge is 2.52. The molecule has 0 bridgehead atoms. The molecule has 140 valence electrons. The summed E-state index contributed by atoms with van der Waals surface area (Å²) in [5.41, 5.74) is -0.577. The van der Waals surface area contributed by atoms with Gasteiger partial charge in [0.2, 0.25) is 0 Å². The molecule has 0 spiro atoms. The van der Waals surface area contributed by atoms with Crippen molar-refractivity contribution in [3.05, 3.63) is 24.0 Å². The van der Waals surface area contributed by atoms with Crippen molar-refractivity contribution in [3.8, 4) is 5.75 Å². The molecule has 0 saturated carbocycles. The largest absolute Gasteiger partial charge is 0.497 e. The van der Waals surface area contributed by atoms with Gasteiger partial charge >= 0.3 is 7.12 Å². The van der Waals surface area contributed by atoms with E-state index < -0.39 is 18.3 Å². The number of hydrogen-bond acceptors (Lipinski definition) is 4. The van der Waals surface area contributed by atoms with Gasteiger partial charge in [0.05, 0.1) is 17.8 Å². The average molecular weight is 352 g/mol. The van der Waals surface area contributed by atoms with Crippen molar-refractivity contribution in [1.29, 1.82) is 0 Å². The molecule has 6 heteroatoms. The summed E-state index contributed by atoms with van der Waals surface area (Å²) in [7, 11) is -0.704. The number of halogens is 1. The number of rotatable bonds is 4. The van der Waals surface area contributed by atoms with E-state index in [9.17, 15) is 4.39 Å². The van der Waals surface area contributed by atoms with E-state index in [1.54, 1.807) is 12.1 Å². The van der Waals surface area contributed by atoms with Gasteiger partial charge in [0.15, 0.2) is 0 Å². The van der Waals surface area contributed by atoms with Crippen LogP contribution in [0.15, 0.2) is 18.2 Å². The Hall–Kier alpha value is -1.11. The van der Waals surface area contributed by atoms with E-state index in [0.717, 1.165) is 19.6 Å². The lowest BCUT2D eigenvalue weighted by Gasteiger charge is -2.32. The maximum Gasteiger partial charge on any atom is 0.497 e. The fourth-order valence-electron chi connectivity index (χ4n) is 2.49. The third-order valence-corrected chi connectivity index (χ3v) is 4.77. The van der Waals surface area contributed by atoms with Crippen molar-refractivity contribution >= 4 is 12.6 Å². The second-order valence-corrected chi connectivity index (χ2v) is 7.44. The lowest BCUT2D eigenvalue weighted by atomic mass is 9.78. The highest BCUT2D eigenvalue weighted by Crippen LogP contribution is 2.36. The van der Waals surface area contributed by atoms with E-state index >= 15 is 0 Å². The summed E-state index contributed by atoms with van der Waals surface area (Å²) in [5.74, 6) is 0.297. The lowest BCUT2D eigenvalue weighted by molar-refractivity contribution is 0.00578. The van der Waals surface area contributed by atoms with Gasteiger partial charge in [-0.1, -0.05) is 6.92 Å². The molecule has 0 N–H and O–H groups in total. The molecule has 2 aliphatic heterocycles. The van der Waals surface area contributed by atoms with Gasteiger partial charge < -0.3 is 18.8 Å². The zero-order valence-corrected chi connectivity index (χ0v) is 16.1. The van der Waals surface area contributed by atoms with Gasteiger partial charge in [-0.2, -0.15) is 0 Å². The zero-order valence-electron chi connectivity index (χ0n) is 16.1. The van der Waals surface area contributed by atoms with Crippen LogP contribution in [0, 0.1) is 5.82 Å². The van der Waals surface area contributed by atoms with Crippen LogP contribution < -0.4 is 10.2 Å². The second-order valence-electron chi connectivity index (χ2n) is 7.44. The minimum Gasteiger partial charge on any atom is -0.494 e. The maximum absolute atomic E-state index is 14.0. The van der Waals surface area contributed by atoms with E-state index in [2.05, 4.69) is 0 Å². The molecule has 25 heavy (non-hydrogen) atoms. The Morgan fingerprint density at radius 2 is 1.68 bits per heavy atom. The molecule has 0 unspecified atom stereocenters. The summed E-state index contributed by atoms with van der Waals surface area (Å²) in [4.78, 5) is 0. The van der Waals surface area contributed by atoms with Crippen LogP contribution in [0.4, 0.5) is 4.39 Å². The van der Waals surface area contributed by atoms with Crippen molar-refractivity contribution < 1.29 is 23.2 Å². The first-order valence-corrected chi connectivity index (χ1v) is 9.12. The fraction of sp³-hybridized carbons (Fsp3) is 0.684. The SMILES string of the molecule is C1CCOC1.CCCOc1ccc(F)c(B2OC(C)(C)C(C)(C)O2)c1. The maximum atomic E-state index is 14.0. The van der Waals surface area contributed by atoms with Crippen molar-refractivity contribution in [2.45, 2.75) is 65.1 Å². The quantitative estimate of drug-likeness (QED) is 0.774. The number of benzene rings is 1. The number of hydrogen-bond donors (Lipinski definition) is 0. The van der Waals surface area contributed by atoms with Gasteiger partial charge in [0.1, 0.15) is 11.6 Å². The van der Waals surface area contributed by atoms with Crippen LogP contribution >= 0.6 is 0 Å². The Morgan fingerprint density at radius 1 is 1.08 bits per heavy atom. The van der Waals surface area contributed by atoms with Crippen molar-refractivity contribution in [3.63, 3.8) is 0 Å². The summed E-state index contributed by atoms with van der Waals surface area (Å²) >= 11 is 0. The Labute approximate surface area is 151 Å². The molecule has 1 aromatic carbocycles. The molecule has 2 aliphatic rings. The van der Waals surface area contributed by atoms with Crippen LogP contribution in [-0.4, -0.2) is 38.1 Å². The highest BCUT2D eigenvalue weighted by atomic mass is 19.1. The smallest absolute Gasteiger partial charge is 0.494 e. The molecule has 0 aromatic heterocycles. The summed E-state index contributed by atoms with van der Waals surface area (Å²) in [6.45, 7) is 12.4. The molecule has 2 heterocycles. The molecular formula is C19H30BFO4. The first kappa shape index (κ1) is 20.2. The van der Waals surface area contributed by atoms with Gasteiger partial charge in [0.25, 0.3) is 0 Å². The molecule has 4 nitrogen and oxygen atoms in total. The molecule has 2 saturated heterocycles. The highest BCUT2D eigenvalue weighted by molar-refractivity contribution is 6.62. The molecule has 3 rings (SSSR count). The molecule has 0 atom stereocenters. The second kappa shape index (κ2) is 8.52. The molecule has 0 aliphatic carbocycles. The van der Waals surface area contributed by atoms with Crippen LogP contribution in [-0.2, 0) is 14.0 Å². The van der Waals surface area contributed by atoms with E-state index in [4.69, 9.17) is 18.8 Å². The standard InChI is InChI=1S/C15H22BFO3.C4H8O/c1-6-9-18-11-7-8-13(17)12(10-11)16-19-14(2,3)15(4,5)20-16;1-2-4-5-3-1/h7-8,10H,6,9H2,1-5H3;1-4H2. The van der Waals surface area contributed by atoms with Crippen LogP contribution in [0.2, 0.25) is 0 Å². The minimum atomic E-state index is -0.704. The van der Waals surface area contributed by atoms with E-state index in [0.29, 0.717) is 17.8 Å². The first-order valence-electron chi connectivity index (χ1n) is 9.12. The van der Waals surface area contributed by atoms with Crippen LogP contribution in [0.1, 0.15) is 53.9 Å². The summed E-state index contributed by atoms with van der Waals surface area (Å²) in [6.07, 6.45) is 3.46. The van der Waals surface area contributed by atoms with Crippen molar-refractivity contribution in [2.75, 3.05) is 19.8 Å². The summed E-state index contributed by atoms with van der Waals surface area (Å²) < 4.78 is 36.3. The Bertz CT molecular complexity index is 535. The van der Waals surface area contributed by atoms with Gasteiger partial charge in [0, 0.05) is 18.7 Å². The minimum absolute atomic E-state index is 0.340. The Balaban J connectivity index is 0.000000386. The lowest BCUT2D eigenvalue weighted by Crippen LogP contribution is -2.41. The monoisotopic (exact) mass is 352 g/mol. The topological polar surface area (TPSA) is 36.9 Å². The predicted molar refractivity (Wildman–Crippen MR) is 98.0 cm³/mol. The van der Waals surface area contributed by atoms with Crippen LogP contribution in [0.3, 0.4) is 0 Å².